The largest absolute Gasteiger partial charge is 0.379 e. The van der Waals surface area contributed by atoms with E-state index in [1.165, 1.54) is 6.42 Å². The molecule has 1 amide bonds. The van der Waals surface area contributed by atoms with E-state index in [9.17, 15) is 4.79 Å². The van der Waals surface area contributed by atoms with Crippen LogP contribution in [0.25, 0.3) is 0 Å². The van der Waals surface area contributed by atoms with E-state index in [2.05, 4.69) is 25.4 Å². The van der Waals surface area contributed by atoms with E-state index in [1.807, 2.05) is 27.8 Å². The molecule has 2 rings (SSSR count). The molecule has 0 aliphatic carbocycles. The van der Waals surface area contributed by atoms with Gasteiger partial charge in [-0.2, -0.15) is 0 Å². The van der Waals surface area contributed by atoms with E-state index in [-0.39, 0.29) is 35.3 Å². The summed E-state index contributed by atoms with van der Waals surface area (Å²) in [5.74, 6) is 1.71. The van der Waals surface area contributed by atoms with Crippen LogP contribution in [-0.2, 0) is 9.53 Å². The van der Waals surface area contributed by atoms with Gasteiger partial charge >= 0.3 is 0 Å². The fourth-order valence-electron chi connectivity index (χ4n) is 3.27. The Morgan fingerprint density at radius 3 is 2.42 bits per heavy atom. The molecule has 0 saturated carbocycles. The van der Waals surface area contributed by atoms with Crippen molar-refractivity contribution in [3.63, 3.8) is 0 Å². The number of morpholine rings is 1. The maximum atomic E-state index is 11.9. The van der Waals surface area contributed by atoms with Gasteiger partial charge in [-0.25, -0.2) is 0 Å². The van der Waals surface area contributed by atoms with Crippen LogP contribution < -0.4 is 10.6 Å². The maximum absolute atomic E-state index is 11.9. The minimum Gasteiger partial charge on any atom is -0.379 e. The Balaban J connectivity index is 0.00000338. The van der Waals surface area contributed by atoms with Gasteiger partial charge in [0.2, 0.25) is 5.91 Å². The second kappa shape index (κ2) is 11.3. The maximum Gasteiger partial charge on any atom is 0.225 e. The molecule has 2 fully saturated rings. The number of halogens is 1. The summed E-state index contributed by atoms with van der Waals surface area (Å²) in [6.07, 6.45) is 1.21. The molecule has 0 aromatic heterocycles. The number of nitrogens with zero attached hydrogens (tertiary/aromatic N) is 3. The summed E-state index contributed by atoms with van der Waals surface area (Å²) in [6, 6.07) is 0. The number of amides is 1. The molecule has 0 aromatic rings. The highest BCUT2D eigenvalue weighted by atomic mass is 127. The van der Waals surface area contributed by atoms with Gasteiger partial charge in [0.15, 0.2) is 5.96 Å². The van der Waals surface area contributed by atoms with Crippen molar-refractivity contribution in [2.45, 2.75) is 27.2 Å². The molecule has 2 aliphatic heterocycles. The highest BCUT2D eigenvalue weighted by Crippen LogP contribution is 2.18. The van der Waals surface area contributed by atoms with Crippen LogP contribution in [0.5, 0.6) is 0 Å². The van der Waals surface area contributed by atoms with E-state index in [1.54, 1.807) is 0 Å². The van der Waals surface area contributed by atoms with Crippen molar-refractivity contribution in [3.8, 4) is 0 Å². The second-order valence-corrected chi connectivity index (χ2v) is 7.99. The molecule has 26 heavy (non-hydrogen) atoms. The standard InChI is InChI=1S/C18H35N5O2.HI/c1-18(2,3)16(24)20-6-7-21-17(19-4)23-8-5-15(14-23)13-22-9-11-25-12-10-22;/h15H,5-14H2,1-4H3,(H,19,21)(H,20,24);1H. The van der Waals surface area contributed by atoms with Crippen LogP contribution >= 0.6 is 24.0 Å². The third-order valence-electron chi connectivity index (χ3n) is 4.79. The van der Waals surface area contributed by atoms with Crippen LogP contribution in [0.15, 0.2) is 4.99 Å². The normalized spacial score (nSPS) is 22.1. The molecule has 0 radical (unpaired) electrons. The number of hydrogen-bond donors (Lipinski definition) is 2. The minimum absolute atomic E-state index is 0. The van der Waals surface area contributed by atoms with Gasteiger partial charge in [-0.1, -0.05) is 20.8 Å². The van der Waals surface area contributed by atoms with Crippen molar-refractivity contribution >= 4 is 35.8 Å². The van der Waals surface area contributed by atoms with Crippen LogP contribution in [-0.4, -0.2) is 87.7 Å². The lowest BCUT2D eigenvalue weighted by Gasteiger charge is -2.29. The van der Waals surface area contributed by atoms with E-state index in [4.69, 9.17) is 4.74 Å². The molecule has 152 valence electrons. The summed E-state index contributed by atoms with van der Waals surface area (Å²) in [6.45, 7) is 14.1. The van der Waals surface area contributed by atoms with Crippen LogP contribution in [0.2, 0.25) is 0 Å². The van der Waals surface area contributed by atoms with E-state index >= 15 is 0 Å². The first-order valence-corrected chi connectivity index (χ1v) is 9.44. The van der Waals surface area contributed by atoms with Gasteiger partial charge in [0.05, 0.1) is 13.2 Å². The van der Waals surface area contributed by atoms with Crippen molar-refractivity contribution in [3.05, 3.63) is 0 Å². The Hall–Kier alpha value is -0.610. The third-order valence-corrected chi connectivity index (χ3v) is 4.79. The third kappa shape index (κ3) is 7.56. The quantitative estimate of drug-likeness (QED) is 0.266. The Morgan fingerprint density at radius 1 is 1.15 bits per heavy atom. The minimum atomic E-state index is -0.344. The Kier molecular flexibility index (Phi) is 10.2. The fourth-order valence-corrected chi connectivity index (χ4v) is 3.27. The number of carbonyl (C=O) groups excluding carboxylic acids is 1. The monoisotopic (exact) mass is 481 g/mol. The molecule has 2 heterocycles. The molecule has 2 saturated heterocycles. The van der Waals surface area contributed by atoms with Crippen LogP contribution in [0.3, 0.4) is 0 Å². The number of aliphatic imine (C=N–C) groups is 1. The number of nitrogens with one attached hydrogen (secondary N) is 2. The van der Waals surface area contributed by atoms with Crippen LogP contribution in [0, 0.1) is 11.3 Å². The average Bonchev–Trinajstić information content (AvgIpc) is 3.03. The molecule has 2 N–H and O–H groups in total. The van der Waals surface area contributed by atoms with E-state index < -0.39 is 0 Å². The molecule has 1 unspecified atom stereocenters. The lowest BCUT2D eigenvalue weighted by Crippen LogP contribution is -2.45. The predicted octanol–water partition coefficient (Wildman–Crippen LogP) is 0.996. The first kappa shape index (κ1) is 23.4. The van der Waals surface area contributed by atoms with Gasteiger partial charge < -0.3 is 20.3 Å². The number of carbonyl (C=O) groups is 1. The Bertz CT molecular complexity index is 461. The fraction of sp³-hybridized carbons (Fsp3) is 0.889. The lowest BCUT2D eigenvalue weighted by atomic mass is 9.96. The average molecular weight is 481 g/mol. The Morgan fingerprint density at radius 2 is 1.81 bits per heavy atom. The molecule has 1 atom stereocenters. The molecule has 0 aromatic carbocycles. The highest BCUT2D eigenvalue weighted by Gasteiger charge is 2.27. The first-order valence-electron chi connectivity index (χ1n) is 9.44. The van der Waals surface area contributed by atoms with E-state index in [0.29, 0.717) is 19.0 Å². The van der Waals surface area contributed by atoms with Crippen LogP contribution in [0.1, 0.15) is 27.2 Å². The van der Waals surface area contributed by atoms with Gasteiger partial charge in [0.25, 0.3) is 0 Å². The van der Waals surface area contributed by atoms with E-state index in [0.717, 1.165) is 51.9 Å². The second-order valence-electron chi connectivity index (χ2n) is 7.99. The van der Waals surface area contributed by atoms with Gasteiger partial charge in [0.1, 0.15) is 0 Å². The zero-order valence-corrected chi connectivity index (χ0v) is 19.0. The Labute approximate surface area is 175 Å². The van der Waals surface area contributed by atoms with Crippen molar-refractivity contribution in [1.29, 1.82) is 0 Å². The van der Waals surface area contributed by atoms with Crippen molar-refractivity contribution in [2.24, 2.45) is 16.3 Å². The summed E-state index contributed by atoms with van der Waals surface area (Å²) in [5.41, 5.74) is -0.344. The summed E-state index contributed by atoms with van der Waals surface area (Å²) >= 11 is 0. The molecule has 8 heteroatoms. The lowest BCUT2D eigenvalue weighted by molar-refractivity contribution is -0.128. The number of likely N-dealkylation sites (tertiary alicyclic amines) is 1. The highest BCUT2D eigenvalue weighted by molar-refractivity contribution is 14.0. The number of rotatable bonds is 5. The molecule has 0 bridgehead atoms. The van der Waals surface area contributed by atoms with Crippen molar-refractivity contribution < 1.29 is 9.53 Å². The summed E-state index contributed by atoms with van der Waals surface area (Å²) in [7, 11) is 1.82. The molecule has 7 nitrogen and oxygen atoms in total. The zero-order chi connectivity index (χ0) is 18.3. The molecule has 2 aliphatic rings. The van der Waals surface area contributed by atoms with Crippen molar-refractivity contribution in [2.75, 3.05) is 66.1 Å². The summed E-state index contributed by atoms with van der Waals surface area (Å²) in [5, 5.41) is 6.33. The van der Waals surface area contributed by atoms with Gasteiger partial charge in [-0.3, -0.25) is 14.7 Å². The predicted molar refractivity (Wildman–Crippen MR) is 116 cm³/mol. The molecule has 0 spiro atoms. The number of guanidine groups is 1. The summed E-state index contributed by atoms with van der Waals surface area (Å²) < 4.78 is 5.42. The van der Waals surface area contributed by atoms with Gasteiger partial charge in [-0.05, 0) is 12.3 Å². The van der Waals surface area contributed by atoms with Gasteiger partial charge in [-0.15, -0.1) is 24.0 Å². The first-order chi connectivity index (χ1) is 11.9. The number of ether oxygens (including phenoxy) is 1. The van der Waals surface area contributed by atoms with Crippen LogP contribution in [0.4, 0.5) is 0 Å². The molecular weight excluding hydrogens is 445 g/mol. The molecular formula is C18H36IN5O2. The summed E-state index contributed by atoms with van der Waals surface area (Å²) in [4.78, 5) is 21.1. The number of hydrogen-bond acceptors (Lipinski definition) is 4. The SMILES string of the molecule is CN=C(NCCNC(=O)C(C)(C)C)N1CCC(CN2CCOCC2)C1.I. The van der Waals surface area contributed by atoms with Gasteiger partial charge in [0, 0.05) is 58.3 Å². The zero-order valence-electron chi connectivity index (χ0n) is 16.7. The van der Waals surface area contributed by atoms with Crippen molar-refractivity contribution in [1.82, 2.24) is 20.4 Å². The topological polar surface area (TPSA) is 69.2 Å². The smallest absolute Gasteiger partial charge is 0.225 e.